The summed E-state index contributed by atoms with van der Waals surface area (Å²) in [6.45, 7) is 4.28. The van der Waals surface area contributed by atoms with Crippen molar-refractivity contribution in [2.24, 2.45) is 11.8 Å². The van der Waals surface area contributed by atoms with Crippen LogP contribution in [0.4, 0.5) is 23.3 Å². The number of nitrogens with zero attached hydrogens (tertiary/aromatic N) is 9. The second kappa shape index (κ2) is 14.4. The summed E-state index contributed by atoms with van der Waals surface area (Å²) in [4.78, 5) is 21.4. The summed E-state index contributed by atoms with van der Waals surface area (Å²) in [5.41, 5.74) is 4.55. The highest BCUT2D eigenvalue weighted by Gasteiger charge is 2.70. The minimum Gasteiger partial charge on any atom is -0.394 e. The number of rotatable bonds is 12. The highest BCUT2D eigenvalue weighted by atomic mass is 79.9. The smallest absolute Gasteiger partial charge is 0.173 e. The van der Waals surface area contributed by atoms with Gasteiger partial charge in [-0.15, -0.1) is 0 Å². The molecule has 6 aromatic heterocycles. The molecule has 16 heteroatoms. The number of piperidine rings is 1. The van der Waals surface area contributed by atoms with Crippen LogP contribution in [0.2, 0.25) is 0 Å². The van der Waals surface area contributed by atoms with Crippen molar-refractivity contribution in [1.29, 1.82) is 0 Å². The highest BCUT2D eigenvalue weighted by Crippen LogP contribution is 2.65. The molecule has 5 N–H and O–H groups in total. The van der Waals surface area contributed by atoms with E-state index in [1.54, 1.807) is 23.1 Å². The molecule has 1 unspecified atom stereocenters. The van der Waals surface area contributed by atoms with Crippen LogP contribution >= 0.6 is 31.9 Å². The van der Waals surface area contributed by atoms with Crippen molar-refractivity contribution in [3.8, 4) is 0 Å². The Morgan fingerprint density at radius 3 is 2.19 bits per heavy atom. The molecule has 2 saturated carbocycles. The Balaban J connectivity index is 0.887. The van der Waals surface area contributed by atoms with Gasteiger partial charge in [-0.1, -0.05) is 19.1 Å². The maximum atomic E-state index is 10.8. The van der Waals surface area contributed by atoms with Crippen LogP contribution in [-0.2, 0) is 18.5 Å². The largest absolute Gasteiger partial charge is 0.394 e. The number of aliphatic hydroxyl groups excluding tert-OH is 1. The lowest BCUT2D eigenvalue weighted by Gasteiger charge is -2.32. The van der Waals surface area contributed by atoms with Crippen LogP contribution in [-0.4, -0.2) is 82.6 Å². The first-order chi connectivity index (χ1) is 26.3. The van der Waals surface area contributed by atoms with Crippen LogP contribution in [0.15, 0.2) is 76.3 Å². The van der Waals surface area contributed by atoms with E-state index >= 15 is 0 Å². The van der Waals surface area contributed by atoms with Crippen LogP contribution in [0.3, 0.4) is 0 Å². The topological polar surface area (TPSA) is 158 Å². The molecule has 6 aromatic rings. The molecule has 9 rings (SSSR count). The molecule has 280 valence electrons. The second-order valence-corrected chi connectivity index (χ2v) is 16.6. The Kier molecular flexibility index (Phi) is 9.40. The molecule has 4 atom stereocenters. The first-order valence-corrected chi connectivity index (χ1v) is 20.1. The lowest BCUT2D eigenvalue weighted by molar-refractivity contribution is 0.247. The maximum Gasteiger partial charge on any atom is 0.173 e. The van der Waals surface area contributed by atoms with Gasteiger partial charge in [0.25, 0.3) is 0 Å². The average Bonchev–Trinajstić information content (AvgIpc) is 3.59. The quantitative estimate of drug-likeness (QED) is 0.103. The van der Waals surface area contributed by atoms with Crippen molar-refractivity contribution in [2.75, 3.05) is 41.0 Å². The molecule has 54 heavy (non-hydrogen) atoms. The van der Waals surface area contributed by atoms with Gasteiger partial charge in [0.05, 0.1) is 34.0 Å². The summed E-state index contributed by atoms with van der Waals surface area (Å²) in [7, 11) is 2.05. The number of hydrogen-bond donors (Lipinski definition) is 5. The van der Waals surface area contributed by atoms with E-state index in [2.05, 4.69) is 92.3 Å². The predicted octanol–water partition coefficient (Wildman–Crippen LogP) is 5.64. The summed E-state index contributed by atoms with van der Waals surface area (Å²) in [6, 6.07) is 13.3. The maximum absolute atomic E-state index is 10.8. The second-order valence-electron chi connectivity index (χ2n) is 14.9. The number of fused-ring (bicyclic) bond motifs is 3. The van der Waals surface area contributed by atoms with Gasteiger partial charge in [-0.3, -0.25) is 9.97 Å². The van der Waals surface area contributed by atoms with Crippen LogP contribution in [0.5, 0.6) is 0 Å². The molecule has 7 heterocycles. The van der Waals surface area contributed by atoms with E-state index in [0.29, 0.717) is 31.1 Å². The van der Waals surface area contributed by atoms with Crippen LogP contribution < -0.4 is 26.2 Å². The number of anilines is 4. The van der Waals surface area contributed by atoms with E-state index < -0.39 is 0 Å². The molecular formula is C38H43Br2N13O. The van der Waals surface area contributed by atoms with Gasteiger partial charge in [0.2, 0.25) is 0 Å². The van der Waals surface area contributed by atoms with E-state index in [1.807, 2.05) is 48.2 Å². The Morgan fingerprint density at radius 2 is 1.54 bits per heavy atom. The van der Waals surface area contributed by atoms with Crippen LogP contribution in [0, 0.1) is 11.8 Å². The van der Waals surface area contributed by atoms with Crippen molar-refractivity contribution >= 4 is 66.4 Å². The monoisotopic (exact) mass is 855 g/mol. The summed E-state index contributed by atoms with van der Waals surface area (Å²) in [5.74, 6) is 3.93. The number of nitrogens with one attached hydrogen (secondary N) is 4. The van der Waals surface area contributed by atoms with E-state index in [0.717, 1.165) is 92.6 Å². The van der Waals surface area contributed by atoms with Crippen molar-refractivity contribution < 1.29 is 5.11 Å². The fourth-order valence-corrected chi connectivity index (χ4v) is 9.49. The molecule has 0 spiro atoms. The Hall–Kier alpha value is -4.38. The molecule has 3 aliphatic rings. The highest BCUT2D eigenvalue weighted by molar-refractivity contribution is 9.11. The minimum atomic E-state index is -0.135. The minimum absolute atomic E-state index is 0.0303. The van der Waals surface area contributed by atoms with E-state index in [1.165, 1.54) is 0 Å². The molecule has 0 radical (unpaired) electrons. The summed E-state index contributed by atoms with van der Waals surface area (Å²) in [5, 5.41) is 34.1. The lowest BCUT2D eigenvalue weighted by atomic mass is 9.91. The average molecular weight is 858 g/mol. The SMILES string of the molecule is CNC1CCC(Nc2cc(NCc3ccc(C4(C)[C@@H]5[C@@H](CO)N(c6cc(NCc7cccnc7)n7ncc(Br)c7n6)C[C@@H]54)nc3)n3ncc(Br)c3n2)CC1. The van der Waals surface area contributed by atoms with Crippen molar-refractivity contribution in [1.82, 2.24) is 44.5 Å². The number of aliphatic hydroxyl groups is 1. The molecular weight excluding hydrogens is 814 g/mol. The van der Waals surface area contributed by atoms with Gasteiger partial charge in [-0.05, 0) is 99.7 Å². The van der Waals surface area contributed by atoms with Gasteiger partial charge in [0.15, 0.2) is 11.3 Å². The van der Waals surface area contributed by atoms with Crippen LogP contribution in [0.1, 0.15) is 49.4 Å². The molecule has 0 amide bonds. The van der Waals surface area contributed by atoms with Gasteiger partial charge in [0, 0.05) is 73.6 Å². The summed E-state index contributed by atoms with van der Waals surface area (Å²) >= 11 is 7.26. The van der Waals surface area contributed by atoms with Gasteiger partial charge in [0.1, 0.15) is 23.3 Å². The standard InChI is InChI=1S/C38H43Br2N13O/c1-38(26-20-51(29(21-54)35(26)38)34-13-33(45-16-22-4-3-11-42-14-22)53-37(50-34)28(40)19-47-53)30-10-5-23(15-43-30)17-44-32-12-31(49-36-27(39)18-46-52(32)36)48-25-8-6-24(41-2)7-9-25/h3-5,10-15,18-19,24-26,29,35,41,44-45,54H,6-9,16-17,20-21H2,1-2H3,(H,48,49)/t24?,25?,26-,29+,35-,38?/m0/s1. The third-order valence-corrected chi connectivity index (χ3v) is 13.0. The number of halogens is 2. The fraction of sp³-hybridized carbons (Fsp3) is 0.421. The van der Waals surface area contributed by atoms with Gasteiger partial charge < -0.3 is 31.3 Å². The molecule has 0 bridgehead atoms. The fourth-order valence-electron chi connectivity index (χ4n) is 8.79. The van der Waals surface area contributed by atoms with E-state index in [9.17, 15) is 5.11 Å². The molecule has 3 fully saturated rings. The third kappa shape index (κ3) is 6.35. The molecule has 1 aliphatic heterocycles. The summed E-state index contributed by atoms with van der Waals surface area (Å²) in [6.07, 6.45) is 13.7. The van der Waals surface area contributed by atoms with Gasteiger partial charge >= 0.3 is 0 Å². The Morgan fingerprint density at radius 1 is 0.852 bits per heavy atom. The van der Waals surface area contributed by atoms with Crippen molar-refractivity contribution in [3.63, 3.8) is 0 Å². The summed E-state index contributed by atoms with van der Waals surface area (Å²) < 4.78 is 5.30. The number of hydrogen-bond acceptors (Lipinski definition) is 12. The molecule has 2 aliphatic carbocycles. The zero-order valence-corrected chi connectivity index (χ0v) is 33.3. The number of pyridine rings is 2. The first-order valence-electron chi connectivity index (χ1n) is 18.6. The van der Waals surface area contributed by atoms with Gasteiger partial charge in [-0.25, -0.2) is 9.97 Å². The number of aromatic nitrogens is 8. The molecule has 14 nitrogen and oxygen atoms in total. The Labute approximate surface area is 329 Å². The zero-order chi connectivity index (χ0) is 37.0. The molecule has 1 saturated heterocycles. The Bertz CT molecular complexity index is 2270. The first kappa shape index (κ1) is 35.3. The zero-order valence-electron chi connectivity index (χ0n) is 30.1. The molecule has 0 aromatic carbocycles. The van der Waals surface area contributed by atoms with E-state index in [4.69, 9.17) is 15.0 Å². The normalized spacial score (nSPS) is 24.9. The van der Waals surface area contributed by atoms with Crippen molar-refractivity contribution in [3.05, 3.63) is 93.1 Å². The van der Waals surface area contributed by atoms with Crippen molar-refractivity contribution in [2.45, 2.75) is 69.2 Å². The third-order valence-electron chi connectivity index (χ3n) is 11.9. The lowest BCUT2D eigenvalue weighted by Crippen LogP contribution is -2.41. The van der Waals surface area contributed by atoms with Crippen LogP contribution in [0.25, 0.3) is 11.3 Å². The predicted molar refractivity (Wildman–Crippen MR) is 216 cm³/mol. The van der Waals surface area contributed by atoms with E-state index in [-0.39, 0.29) is 24.0 Å². The van der Waals surface area contributed by atoms with Gasteiger partial charge in [-0.2, -0.15) is 19.2 Å².